The van der Waals surface area contributed by atoms with Crippen molar-refractivity contribution >= 4 is 40.0 Å². The Morgan fingerprint density at radius 3 is 2.55 bits per heavy atom. The first-order valence-electron chi connectivity index (χ1n) is 10.4. The lowest BCUT2D eigenvalue weighted by molar-refractivity contribution is -0.113. The lowest BCUT2D eigenvalue weighted by Crippen LogP contribution is -2.21. The number of hydrogen-bond acceptors (Lipinski definition) is 8. The van der Waals surface area contributed by atoms with Crippen molar-refractivity contribution in [2.24, 2.45) is 7.05 Å². The van der Waals surface area contributed by atoms with E-state index in [0.717, 1.165) is 5.75 Å². The highest BCUT2D eigenvalue weighted by molar-refractivity contribution is 7.99. The first-order chi connectivity index (χ1) is 15.7. The van der Waals surface area contributed by atoms with E-state index in [1.807, 2.05) is 23.7 Å². The Hall–Kier alpha value is -2.92. The minimum atomic E-state index is -0.233. The lowest BCUT2D eigenvalue weighted by Gasteiger charge is -2.09. The molecule has 0 unspecified atom stereocenters. The summed E-state index contributed by atoms with van der Waals surface area (Å²) < 4.78 is 7.63. The molecule has 0 aliphatic carbocycles. The van der Waals surface area contributed by atoms with Gasteiger partial charge in [0.05, 0.1) is 11.4 Å². The lowest BCUT2D eigenvalue weighted by atomic mass is 10.0. The van der Waals surface area contributed by atoms with Gasteiger partial charge in [-0.2, -0.15) is 0 Å². The zero-order chi connectivity index (χ0) is 24.1. The third kappa shape index (κ3) is 6.32. The third-order valence-electron chi connectivity index (χ3n) is 4.82. The third-order valence-corrected chi connectivity index (χ3v) is 6.90. The maximum atomic E-state index is 12.4. The fourth-order valence-corrected chi connectivity index (χ4v) is 4.56. The first-order valence-corrected chi connectivity index (χ1v) is 12.2. The Morgan fingerprint density at radius 2 is 1.91 bits per heavy atom. The molecule has 9 nitrogen and oxygen atoms in total. The predicted molar refractivity (Wildman–Crippen MR) is 130 cm³/mol. The van der Waals surface area contributed by atoms with Crippen LogP contribution in [0.15, 0.2) is 29.4 Å². The Morgan fingerprint density at radius 1 is 1.21 bits per heavy atom. The van der Waals surface area contributed by atoms with Crippen LogP contribution in [-0.2, 0) is 18.4 Å². The quantitative estimate of drug-likeness (QED) is 0.458. The second-order valence-corrected chi connectivity index (χ2v) is 9.88. The van der Waals surface area contributed by atoms with Crippen LogP contribution < -0.4 is 10.1 Å². The molecule has 0 spiro atoms. The summed E-state index contributed by atoms with van der Waals surface area (Å²) in [6.07, 6.45) is 0. The van der Waals surface area contributed by atoms with Crippen LogP contribution in [0.2, 0.25) is 0 Å². The Labute approximate surface area is 201 Å². The molecule has 2 amide bonds. The van der Waals surface area contributed by atoms with Gasteiger partial charge in [0.2, 0.25) is 5.91 Å². The highest BCUT2D eigenvalue weighted by atomic mass is 32.2. The molecule has 11 heteroatoms. The fourth-order valence-electron chi connectivity index (χ4n) is 2.83. The zero-order valence-electron chi connectivity index (χ0n) is 19.6. The molecule has 176 valence electrons. The van der Waals surface area contributed by atoms with E-state index in [0.29, 0.717) is 32.6 Å². The Kier molecular flexibility index (Phi) is 8.09. The molecule has 33 heavy (non-hydrogen) atoms. The average Bonchev–Trinajstić information content (AvgIpc) is 3.31. The molecule has 2 heterocycles. The molecule has 0 aliphatic heterocycles. The van der Waals surface area contributed by atoms with Crippen LogP contribution in [0.25, 0.3) is 0 Å². The second-order valence-electron chi connectivity index (χ2n) is 7.94. The van der Waals surface area contributed by atoms with E-state index < -0.39 is 0 Å². The zero-order valence-corrected chi connectivity index (χ0v) is 21.2. The topological polar surface area (TPSA) is 102 Å². The molecule has 0 radical (unpaired) electrons. The van der Waals surface area contributed by atoms with Crippen LogP contribution in [0.3, 0.4) is 0 Å². The molecule has 1 N–H and O–H groups in total. The number of aromatic nitrogens is 4. The van der Waals surface area contributed by atoms with E-state index in [-0.39, 0.29) is 24.2 Å². The number of ether oxygens (including phenoxy) is 1. The number of anilines is 1. The number of thiazole rings is 1. The number of nitrogens with one attached hydrogen (secondary N) is 1. The maximum absolute atomic E-state index is 12.4. The molecular weight excluding hydrogens is 460 g/mol. The molecule has 0 saturated heterocycles. The number of aryl methyl sites for hydroxylation is 1. The highest BCUT2D eigenvalue weighted by Gasteiger charge is 2.18. The van der Waals surface area contributed by atoms with Gasteiger partial charge in [-0.15, -0.1) is 10.2 Å². The van der Waals surface area contributed by atoms with Crippen LogP contribution in [0, 0.1) is 6.92 Å². The van der Waals surface area contributed by atoms with Crippen molar-refractivity contribution in [2.75, 3.05) is 25.2 Å². The molecule has 3 rings (SSSR count). The molecular formula is C22H28N6O3S2. The summed E-state index contributed by atoms with van der Waals surface area (Å²) in [5, 5.41) is 12.1. The average molecular weight is 489 g/mol. The number of benzene rings is 1. The fraction of sp³-hybridized carbons (Fsp3) is 0.409. The number of hydrogen-bond donors (Lipinski definition) is 1. The Bertz CT molecular complexity index is 1120. The van der Waals surface area contributed by atoms with Crippen molar-refractivity contribution in [2.45, 2.75) is 38.5 Å². The molecule has 3 aromatic rings. The minimum absolute atomic E-state index is 0.135. The van der Waals surface area contributed by atoms with Crippen molar-refractivity contribution in [1.29, 1.82) is 0 Å². The van der Waals surface area contributed by atoms with Crippen LogP contribution in [0.5, 0.6) is 5.75 Å². The summed E-state index contributed by atoms with van der Waals surface area (Å²) in [7, 11) is 5.20. The number of nitrogens with zero attached hydrogens (tertiary/aromatic N) is 5. The van der Waals surface area contributed by atoms with Gasteiger partial charge in [-0.25, -0.2) is 4.98 Å². The number of amides is 2. The monoisotopic (exact) mass is 488 g/mol. The number of carbonyl (C=O) groups excluding carboxylic acids is 2. The molecule has 0 aliphatic rings. The largest absolute Gasteiger partial charge is 0.486 e. The van der Waals surface area contributed by atoms with Crippen LogP contribution in [0.4, 0.5) is 5.13 Å². The number of rotatable bonds is 9. The predicted octanol–water partition coefficient (Wildman–Crippen LogP) is 3.72. The molecule has 0 saturated carbocycles. The van der Waals surface area contributed by atoms with Gasteiger partial charge in [-0.3, -0.25) is 9.59 Å². The summed E-state index contributed by atoms with van der Waals surface area (Å²) in [4.78, 5) is 30.8. The van der Waals surface area contributed by atoms with Gasteiger partial charge < -0.3 is 19.5 Å². The van der Waals surface area contributed by atoms with Gasteiger partial charge in [-0.05, 0) is 30.5 Å². The standard InChI is InChI=1S/C22H28N6O3S2/c1-13(2)15-7-9-16(10-8-15)31-11-17-25-26-22(28(17)6)32-12-18(29)24-21-23-14(3)19(33-21)20(30)27(4)5/h7-10,13H,11-12H2,1-6H3,(H,23,24,29). The normalized spacial score (nSPS) is 11.0. The van der Waals surface area contributed by atoms with Gasteiger partial charge >= 0.3 is 0 Å². The molecule has 1 aromatic carbocycles. The van der Waals surface area contributed by atoms with Crippen molar-refractivity contribution in [3.63, 3.8) is 0 Å². The van der Waals surface area contributed by atoms with Crippen molar-refractivity contribution in [3.8, 4) is 5.75 Å². The minimum Gasteiger partial charge on any atom is -0.486 e. The molecule has 0 atom stereocenters. The van der Waals surface area contributed by atoms with Crippen LogP contribution in [-0.4, -0.2) is 56.3 Å². The van der Waals surface area contributed by atoms with E-state index >= 15 is 0 Å². The smallest absolute Gasteiger partial charge is 0.265 e. The molecule has 2 aromatic heterocycles. The SMILES string of the molecule is Cc1nc(NC(=O)CSc2nnc(COc3ccc(C(C)C)cc3)n2C)sc1C(=O)N(C)C. The van der Waals surface area contributed by atoms with E-state index in [9.17, 15) is 9.59 Å². The Balaban J connectivity index is 1.52. The van der Waals surface area contributed by atoms with E-state index in [1.165, 1.54) is 33.6 Å². The summed E-state index contributed by atoms with van der Waals surface area (Å²) in [5.41, 5.74) is 1.85. The van der Waals surface area contributed by atoms with Gasteiger partial charge in [0, 0.05) is 21.1 Å². The summed E-state index contributed by atoms with van der Waals surface area (Å²) in [5.74, 6) is 1.67. The van der Waals surface area contributed by atoms with E-state index in [1.54, 1.807) is 21.0 Å². The van der Waals surface area contributed by atoms with Gasteiger partial charge in [-0.1, -0.05) is 49.1 Å². The van der Waals surface area contributed by atoms with Crippen molar-refractivity contribution < 1.29 is 14.3 Å². The van der Waals surface area contributed by atoms with Crippen molar-refractivity contribution in [1.82, 2.24) is 24.6 Å². The first kappa shape index (κ1) is 24.7. The van der Waals surface area contributed by atoms with Gasteiger partial charge in [0.1, 0.15) is 17.2 Å². The van der Waals surface area contributed by atoms with E-state index in [2.05, 4.69) is 46.5 Å². The van der Waals surface area contributed by atoms with Crippen LogP contribution in [0.1, 0.15) is 46.5 Å². The maximum Gasteiger partial charge on any atom is 0.265 e. The highest BCUT2D eigenvalue weighted by Crippen LogP contribution is 2.24. The summed E-state index contributed by atoms with van der Waals surface area (Å²) in [6, 6.07) is 8.01. The van der Waals surface area contributed by atoms with E-state index in [4.69, 9.17) is 4.74 Å². The van der Waals surface area contributed by atoms with Crippen molar-refractivity contribution in [3.05, 3.63) is 46.2 Å². The van der Waals surface area contributed by atoms with Gasteiger partial charge in [0.25, 0.3) is 5.91 Å². The molecule has 0 fully saturated rings. The van der Waals surface area contributed by atoms with Gasteiger partial charge in [0.15, 0.2) is 16.1 Å². The summed E-state index contributed by atoms with van der Waals surface area (Å²) in [6.45, 7) is 6.32. The number of thioether (sulfide) groups is 1. The van der Waals surface area contributed by atoms with Crippen LogP contribution >= 0.6 is 23.1 Å². The molecule has 0 bridgehead atoms. The summed E-state index contributed by atoms with van der Waals surface area (Å²) >= 11 is 2.43. The number of carbonyl (C=O) groups is 2. The second kappa shape index (κ2) is 10.8.